The summed E-state index contributed by atoms with van der Waals surface area (Å²) in [6, 6.07) is 15.5. The van der Waals surface area contributed by atoms with Crippen LogP contribution in [-0.2, 0) is 16.6 Å². The van der Waals surface area contributed by atoms with Crippen molar-refractivity contribution < 1.29 is 23.1 Å². The minimum atomic E-state index is -3.79. The average molecular weight is 412 g/mol. The molecule has 0 aliphatic carbocycles. The number of ether oxygens (including phenoxy) is 1. The van der Waals surface area contributed by atoms with Crippen LogP contribution in [0.5, 0.6) is 5.75 Å². The van der Waals surface area contributed by atoms with Gasteiger partial charge in [0.15, 0.2) is 0 Å². The molecule has 29 heavy (non-hydrogen) atoms. The molecule has 0 bridgehead atoms. The van der Waals surface area contributed by atoms with Gasteiger partial charge in [0.1, 0.15) is 12.4 Å². The summed E-state index contributed by atoms with van der Waals surface area (Å²) in [6.45, 7) is 2.12. The lowest BCUT2D eigenvalue weighted by Crippen LogP contribution is -2.26. The van der Waals surface area contributed by atoms with Crippen molar-refractivity contribution in [1.82, 2.24) is 9.71 Å². The highest BCUT2D eigenvalue weighted by molar-refractivity contribution is 7.89. The Hall–Kier alpha value is -3.23. The third-order valence-electron chi connectivity index (χ3n) is 4.25. The minimum absolute atomic E-state index is 0.00535. The number of rotatable bonds is 8. The first-order chi connectivity index (χ1) is 13.8. The van der Waals surface area contributed by atoms with Gasteiger partial charge in [-0.15, -0.1) is 0 Å². The maximum absolute atomic E-state index is 12.5. The maximum Gasteiger partial charge on any atom is 0.335 e. The third-order valence-corrected chi connectivity index (χ3v) is 5.81. The van der Waals surface area contributed by atoms with E-state index in [0.29, 0.717) is 12.4 Å². The molecule has 0 saturated carbocycles. The van der Waals surface area contributed by atoms with Gasteiger partial charge in [-0.05, 0) is 55.0 Å². The van der Waals surface area contributed by atoms with E-state index < -0.39 is 22.0 Å². The van der Waals surface area contributed by atoms with Crippen LogP contribution < -0.4 is 9.46 Å². The normalized spacial score (nSPS) is 12.3. The first kappa shape index (κ1) is 20.5. The monoisotopic (exact) mass is 412 g/mol. The number of nitrogens with zero attached hydrogens (tertiary/aromatic N) is 1. The number of aromatic nitrogens is 1. The summed E-state index contributed by atoms with van der Waals surface area (Å²) in [5, 5.41) is 8.92. The first-order valence-corrected chi connectivity index (χ1v) is 10.3. The zero-order valence-corrected chi connectivity index (χ0v) is 16.5. The van der Waals surface area contributed by atoms with Crippen molar-refractivity contribution in [2.75, 3.05) is 0 Å². The predicted octanol–water partition coefficient (Wildman–Crippen LogP) is 3.40. The van der Waals surface area contributed by atoms with Crippen molar-refractivity contribution in [1.29, 1.82) is 0 Å². The van der Waals surface area contributed by atoms with Crippen molar-refractivity contribution in [3.05, 3.63) is 89.7 Å². The molecule has 2 N–H and O–H groups in total. The highest BCUT2D eigenvalue weighted by Crippen LogP contribution is 2.21. The SMILES string of the molecule is CC(NS(=O)(=O)c1ccc(C(=O)O)cc1)c1ccc(OCc2cccnc2)cc1. The van der Waals surface area contributed by atoms with Crippen molar-refractivity contribution in [3.63, 3.8) is 0 Å². The molecule has 1 unspecified atom stereocenters. The maximum atomic E-state index is 12.5. The van der Waals surface area contributed by atoms with E-state index in [9.17, 15) is 13.2 Å². The fraction of sp³-hybridized carbons (Fsp3) is 0.143. The Morgan fingerprint density at radius 3 is 2.38 bits per heavy atom. The average Bonchev–Trinajstić information content (AvgIpc) is 2.73. The largest absolute Gasteiger partial charge is 0.489 e. The fourth-order valence-corrected chi connectivity index (χ4v) is 3.88. The van der Waals surface area contributed by atoms with Crippen LogP contribution in [0.3, 0.4) is 0 Å². The molecule has 1 atom stereocenters. The molecule has 0 fully saturated rings. The second kappa shape index (κ2) is 8.85. The lowest BCUT2D eigenvalue weighted by atomic mass is 10.1. The summed E-state index contributed by atoms with van der Waals surface area (Å²) < 4.78 is 33.4. The van der Waals surface area contributed by atoms with E-state index in [1.807, 2.05) is 12.1 Å². The van der Waals surface area contributed by atoms with Gasteiger partial charge in [0.2, 0.25) is 10.0 Å². The van der Waals surface area contributed by atoms with Crippen LogP contribution in [0.2, 0.25) is 0 Å². The van der Waals surface area contributed by atoms with Gasteiger partial charge >= 0.3 is 5.97 Å². The van der Waals surface area contributed by atoms with Gasteiger partial charge in [0.25, 0.3) is 0 Å². The quantitative estimate of drug-likeness (QED) is 0.587. The van der Waals surface area contributed by atoms with Crippen LogP contribution in [0.25, 0.3) is 0 Å². The number of hydrogen-bond donors (Lipinski definition) is 2. The van der Waals surface area contributed by atoms with Crippen LogP contribution in [-0.4, -0.2) is 24.5 Å². The Bertz CT molecular complexity index is 1070. The molecule has 7 nitrogen and oxygen atoms in total. The molecule has 0 amide bonds. The van der Waals surface area contributed by atoms with E-state index in [1.54, 1.807) is 43.6 Å². The smallest absolute Gasteiger partial charge is 0.335 e. The van der Waals surface area contributed by atoms with Crippen LogP contribution in [0.15, 0.2) is 78.0 Å². The minimum Gasteiger partial charge on any atom is -0.489 e. The Morgan fingerprint density at radius 2 is 1.79 bits per heavy atom. The molecular formula is C21H20N2O5S. The van der Waals surface area contributed by atoms with E-state index in [4.69, 9.17) is 9.84 Å². The highest BCUT2D eigenvalue weighted by atomic mass is 32.2. The van der Waals surface area contributed by atoms with Gasteiger partial charge in [-0.2, -0.15) is 0 Å². The molecule has 1 aromatic heterocycles. The van der Waals surface area contributed by atoms with Crippen molar-refractivity contribution >= 4 is 16.0 Å². The number of carboxylic acids is 1. The lowest BCUT2D eigenvalue weighted by molar-refractivity contribution is 0.0696. The van der Waals surface area contributed by atoms with E-state index in [-0.39, 0.29) is 10.5 Å². The molecule has 150 valence electrons. The first-order valence-electron chi connectivity index (χ1n) is 8.82. The van der Waals surface area contributed by atoms with E-state index in [0.717, 1.165) is 11.1 Å². The second-order valence-corrected chi connectivity index (χ2v) is 8.11. The number of sulfonamides is 1. The van der Waals surface area contributed by atoms with Gasteiger partial charge < -0.3 is 9.84 Å². The summed E-state index contributed by atoms with van der Waals surface area (Å²) in [4.78, 5) is 14.9. The fourth-order valence-electron chi connectivity index (χ4n) is 2.65. The number of carbonyl (C=O) groups is 1. The van der Waals surface area contributed by atoms with E-state index in [2.05, 4.69) is 9.71 Å². The summed E-state index contributed by atoms with van der Waals surface area (Å²) in [7, 11) is -3.79. The van der Waals surface area contributed by atoms with Crippen LogP contribution in [0, 0.1) is 0 Å². The molecular weight excluding hydrogens is 392 g/mol. The molecule has 8 heteroatoms. The van der Waals surface area contributed by atoms with Crippen molar-refractivity contribution in [3.8, 4) is 5.75 Å². The lowest BCUT2D eigenvalue weighted by Gasteiger charge is -2.15. The summed E-state index contributed by atoms with van der Waals surface area (Å²) in [6.07, 6.45) is 3.43. The standard InChI is InChI=1S/C21H20N2O5S/c1-15(23-29(26,27)20-10-6-18(7-11-20)21(24)25)17-4-8-19(9-5-17)28-14-16-3-2-12-22-13-16/h2-13,15,23H,14H2,1H3,(H,24,25). The molecule has 0 radical (unpaired) electrons. The van der Waals surface area contributed by atoms with Crippen LogP contribution in [0.4, 0.5) is 0 Å². The summed E-state index contributed by atoms with van der Waals surface area (Å²) >= 11 is 0. The number of aromatic carboxylic acids is 1. The molecule has 0 aliphatic heterocycles. The number of benzene rings is 2. The highest BCUT2D eigenvalue weighted by Gasteiger charge is 2.19. The Morgan fingerprint density at radius 1 is 1.10 bits per heavy atom. The predicted molar refractivity (Wildman–Crippen MR) is 107 cm³/mol. The Labute approximate surface area is 169 Å². The van der Waals surface area contributed by atoms with Crippen LogP contribution >= 0.6 is 0 Å². The zero-order valence-electron chi connectivity index (χ0n) is 15.6. The van der Waals surface area contributed by atoms with Gasteiger partial charge in [-0.3, -0.25) is 4.98 Å². The molecule has 0 spiro atoms. The van der Waals surface area contributed by atoms with Crippen molar-refractivity contribution in [2.24, 2.45) is 0 Å². The second-order valence-electron chi connectivity index (χ2n) is 6.39. The number of nitrogens with one attached hydrogen (secondary N) is 1. The van der Waals surface area contributed by atoms with Crippen molar-refractivity contribution in [2.45, 2.75) is 24.5 Å². The molecule has 0 aliphatic rings. The van der Waals surface area contributed by atoms with E-state index >= 15 is 0 Å². The van der Waals surface area contributed by atoms with Gasteiger partial charge in [0.05, 0.1) is 10.5 Å². The van der Waals surface area contributed by atoms with Gasteiger partial charge in [-0.25, -0.2) is 17.9 Å². The number of pyridine rings is 1. The topological polar surface area (TPSA) is 106 Å². The third kappa shape index (κ3) is 5.40. The van der Waals surface area contributed by atoms with Crippen LogP contribution in [0.1, 0.15) is 34.5 Å². The molecule has 3 rings (SSSR count). The summed E-state index contributed by atoms with van der Waals surface area (Å²) in [5.74, 6) is -0.446. The number of hydrogen-bond acceptors (Lipinski definition) is 5. The zero-order chi connectivity index (χ0) is 20.9. The number of carboxylic acid groups (broad SMARTS) is 1. The Balaban J connectivity index is 1.63. The van der Waals surface area contributed by atoms with Gasteiger partial charge in [0, 0.05) is 24.0 Å². The molecule has 0 saturated heterocycles. The Kier molecular flexibility index (Phi) is 6.26. The summed E-state index contributed by atoms with van der Waals surface area (Å²) in [5.41, 5.74) is 1.75. The van der Waals surface area contributed by atoms with Gasteiger partial charge in [-0.1, -0.05) is 18.2 Å². The molecule has 1 heterocycles. The molecule has 2 aromatic carbocycles. The molecule has 3 aromatic rings. The van der Waals surface area contributed by atoms with E-state index in [1.165, 1.54) is 24.3 Å².